The van der Waals surface area contributed by atoms with Gasteiger partial charge in [0.1, 0.15) is 11.6 Å². The molecular weight excluding hydrogens is 291 g/mol. The molecule has 1 aliphatic rings. The lowest BCUT2D eigenvalue weighted by Gasteiger charge is -2.36. The number of piperazine rings is 1. The van der Waals surface area contributed by atoms with Crippen LogP contribution < -0.4 is 9.64 Å². The number of nitrogens with zero attached hydrogens (tertiary/aromatic N) is 2. The summed E-state index contributed by atoms with van der Waals surface area (Å²) in [5, 5.41) is 0. The largest absolute Gasteiger partial charge is 0.494 e. The third-order valence-corrected chi connectivity index (χ3v) is 4.20. The molecule has 0 saturated carbocycles. The van der Waals surface area contributed by atoms with Gasteiger partial charge in [-0.1, -0.05) is 12.1 Å². The first-order chi connectivity index (χ1) is 11.2. The Morgan fingerprint density at radius 1 is 0.913 bits per heavy atom. The molecule has 0 radical (unpaired) electrons. The Morgan fingerprint density at radius 2 is 1.57 bits per heavy atom. The number of benzene rings is 2. The zero-order valence-corrected chi connectivity index (χ0v) is 13.5. The van der Waals surface area contributed by atoms with Crippen LogP contribution in [0.1, 0.15) is 12.5 Å². The van der Waals surface area contributed by atoms with E-state index in [2.05, 4.69) is 21.9 Å². The number of hydrogen-bond donors (Lipinski definition) is 0. The Balaban J connectivity index is 1.51. The molecule has 1 fully saturated rings. The standard InChI is InChI=1S/C19H23FN2O/c1-2-23-19-9-3-16(4-10-19)15-21-11-13-22(14-12-21)18-7-5-17(20)6-8-18/h3-10H,2,11-15H2,1H3. The number of anilines is 1. The summed E-state index contributed by atoms with van der Waals surface area (Å²) in [5.74, 6) is 0.750. The van der Waals surface area contributed by atoms with Crippen LogP contribution in [0.5, 0.6) is 5.75 Å². The first-order valence-corrected chi connectivity index (χ1v) is 8.19. The summed E-state index contributed by atoms with van der Waals surface area (Å²) in [6, 6.07) is 15.1. The molecular formula is C19H23FN2O. The maximum atomic E-state index is 13.0. The first-order valence-electron chi connectivity index (χ1n) is 8.19. The van der Waals surface area contributed by atoms with E-state index in [1.807, 2.05) is 31.2 Å². The molecule has 1 aliphatic heterocycles. The maximum absolute atomic E-state index is 13.0. The van der Waals surface area contributed by atoms with Gasteiger partial charge in [-0.2, -0.15) is 0 Å². The summed E-state index contributed by atoms with van der Waals surface area (Å²) in [7, 11) is 0. The van der Waals surface area contributed by atoms with Crippen molar-refractivity contribution in [1.82, 2.24) is 4.90 Å². The minimum atomic E-state index is -0.178. The van der Waals surface area contributed by atoms with E-state index >= 15 is 0 Å². The predicted molar refractivity (Wildman–Crippen MR) is 91.5 cm³/mol. The van der Waals surface area contributed by atoms with Crippen molar-refractivity contribution >= 4 is 5.69 Å². The normalized spacial score (nSPS) is 15.7. The number of hydrogen-bond acceptors (Lipinski definition) is 3. The number of ether oxygens (including phenoxy) is 1. The maximum Gasteiger partial charge on any atom is 0.123 e. The van der Waals surface area contributed by atoms with E-state index in [0.717, 1.165) is 44.2 Å². The Morgan fingerprint density at radius 3 is 2.17 bits per heavy atom. The van der Waals surface area contributed by atoms with E-state index in [-0.39, 0.29) is 5.82 Å². The SMILES string of the molecule is CCOc1ccc(CN2CCN(c3ccc(F)cc3)CC2)cc1. The third-order valence-electron chi connectivity index (χ3n) is 4.20. The quantitative estimate of drug-likeness (QED) is 0.839. The molecule has 0 atom stereocenters. The smallest absolute Gasteiger partial charge is 0.123 e. The highest BCUT2D eigenvalue weighted by Gasteiger charge is 2.17. The van der Waals surface area contributed by atoms with Crippen molar-refractivity contribution in [2.24, 2.45) is 0 Å². The molecule has 2 aromatic rings. The van der Waals surface area contributed by atoms with Crippen LogP contribution in [0.3, 0.4) is 0 Å². The van der Waals surface area contributed by atoms with Gasteiger partial charge in [-0.05, 0) is 48.9 Å². The predicted octanol–water partition coefficient (Wildman–Crippen LogP) is 3.55. The van der Waals surface area contributed by atoms with Crippen LogP contribution in [0.15, 0.2) is 48.5 Å². The van der Waals surface area contributed by atoms with Gasteiger partial charge in [0.25, 0.3) is 0 Å². The zero-order chi connectivity index (χ0) is 16.1. The first kappa shape index (κ1) is 15.8. The van der Waals surface area contributed by atoms with Crippen LogP contribution in [-0.2, 0) is 6.54 Å². The molecule has 0 unspecified atom stereocenters. The van der Waals surface area contributed by atoms with Gasteiger partial charge in [0.05, 0.1) is 6.61 Å². The van der Waals surface area contributed by atoms with Crippen LogP contribution in [0.4, 0.5) is 10.1 Å². The summed E-state index contributed by atoms with van der Waals surface area (Å²) < 4.78 is 18.5. The Kier molecular flexibility index (Phi) is 5.13. The lowest BCUT2D eigenvalue weighted by molar-refractivity contribution is 0.249. The molecule has 0 spiro atoms. The topological polar surface area (TPSA) is 15.7 Å². The molecule has 0 bridgehead atoms. The zero-order valence-electron chi connectivity index (χ0n) is 13.5. The van der Waals surface area contributed by atoms with E-state index < -0.39 is 0 Å². The second-order valence-electron chi connectivity index (χ2n) is 5.82. The Hall–Kier alpha value is -2.07. The molecule has 4 heteroatoms. The Bertz CT molecular complexity index is 604. The average Bonchev–Trinajstić information content (AvgIpc) is 2.58. The molecule has 2 aromatic carbocycles. The molecule has 122 valence electrons. The van der Waals surface area contributed by atoms with Crippen molar-refractivity contribution in [1.29, 1.82) is 0 Å². The molecule has 23 heavy (non-hydrogen) atoms. The van der Waals surface area contributed by atoms with Gasteiger partial charge in [-0.25, -0.2) is 4.39 Å². The van der Waals surface area contributed by atoms with Gasteiger partial charge in [-0.15, -0.1) is 0 Å². The fraction of sp³-hybridized carbons (Fsp3) is 0.368. The fourth-order valence-corrected chi connectivity index (χ4v) is 2.93. The van der Waals surface area contributed by atoms with E-state index in [0.29, 0.717) is 6.61 Å². The second-order valence-corrected chi connectivity index (χ2v) is 5.82. The van der Waals surface area contributed by atoms with Crippen LogP contribution in [-0.4, -0.2) is 37.7 Å². The van der Waals surface area contributed by atoms with Crippen LogP contribution in [0, 0.1) is 5.82 Å². The van der Waals surface area contributed by atoms with E-state index in [1.165, 1.54) is 17.7 Å². The van der Waals surface area contributed by atoms with Crippen molar-refractivity contribution in [3.63, 3.8) is 0 Å². The van der Waals surface area contributed by atoms with Gasteiger partial charge in [0.15, 0.2) is 0 Å². The number of halogens is 1. The molecule has 0 aromatic heterocycles. The summed E-state index contributed by atoms with van der Waals surface area (Å²) in [6.07, 6.45) is 0. The molecule has 0 aliphatic carbocycles. The lowest BCUT2D eigenvalue weighted by atomic mass is 10.2. The van der Waals surface area contributed by atoms with Gasteiger partial charge in [0.2, 0.25) is 0 Å². The van der Waals surface area contributed by atoms with Gasteiger partial charge < -0.3 is 9.64 Å². The molecule has 3 rings (SSSR count). The molecule has 0 N–H and O–H groups in total. The Labute approximate surface area is 137 Å². The van der Waals surface area contributed by atoms with Crippen LogP contribution in [0.2, 0.25) is 0 Å². The highest BCUT2D eigenvalue weighted by molar-refractivity contribution is 5.46. The molecule has 1 heterocycles. The number of rotatable bonds is 5. The van der Waals surface area contributed by atoms with Gasteiger partial charge in [0, 0.05) is 38.4 Å². The van der Waals surface area contributed by atoms with Gasteiger partial charge in [-0.3, -0.25) is 4.90 Å². The van der Waals surface area contributed by atoms with Gasteiger partial charge >= 0.3 is 0 Å². The minimum absolute atomic E-state index is 0.178. The fourth-order valence-electron chi connectivity index (χ4n) is 2.93. The van der Waals surface area contributed by atoms with Crippen molar-refractivity contribution in [2.45, 2.75) is 13.5 Å². The third kappa shape index (κ3) is 4.23. The highest BCUT2D eigenvalue weighted by Crippen LogP contribution is 2.19. The van der Waals surface area contributed by atoms with E-state index in [4.69, 9.17) is 4.74 Å². The van der Waals surface area contributed by atoms with Crippen LogP contribution >= 0.6 is 0 Å². The summed E-state index contributed by atoms with van der Waals surface area (Å²) in [6.45, 7) is 7.64. The second kappa shape index (κ2) is 7.47. The van der Waals surface area contributed by atoms with Crippen molar-refractivity contribution < 1.29 is 9.13 Å². The molecule has 3 nitrogen and oxygen atoms in total. The summed E-state index contributed by atoms with van der Waals surface area (Å²) in [4.78, 5) is 4.77. The van der Waals surface area contributed by atoms with E-state index in [9.17, 15) is 4.39 Å². The van der Waals surface area contributed by atoms with Crippen LogP contribution in [0.25, 0.3) is 0 Å². The lowest BCUT2D eigenvalue weighted by Crippen LogP contribution is -2.45. The van der Waals surface area contributed by atoms with Crippen molar-refractivity contribution in [3.05, 3.63) is 59.9 Å². The minimum Gasteiger partial charge on any atom is -0.494 e. The van der Waals surface area contributed by atoms with E-state index in [1.54, 1.807) is 0 Å². The monoisotopic (exact) mass is 314 g/mol. The molecule has 0 amide bonds. The average molecular weight is 314 g/mol. The van der Waals surface area contributed by atoms with Crippen molar-refractivity contribution in [3.8, 4) is 5.75 Å². The van der Waals surface area contributed by atoms with Crippen molar-refractivity contribution in [2.75, 3.05) is 37.7 Å². The summed E-state index contributed by atoms with van der Waals surface area (Å²) in [5.41, 5.74) is 2.41. The summed E-state index contributed by atoms with van der Waals surface area (Å²) >= 11 is 0. The highest BCUT2D eigenvalue weighted by atomic mass is 19.1. The molecule has 1 saturated heterocycles.